The lowest BCUT2D eigenvalue weighted by atomic mass is 10.1. The van der Waals surface area contributed by atoms with Crippen LogP contribution in [0.25, 0.3) is 16.7 Å². The molecule has 1 amide bonds. The smallest absolute Gasteiger partial charge is 0.311 e. The number of hydrogen-bond acceptors (Lipinski definition) is 9. The molecule has 4 rings (SSSR count). The molecule has 0 aliphatic rings. The minimum absolute atomic E-state index is 0.0260. The number of rotatable bonds is 9. The first-order valence-corrected chi connectivity index (χ1v) is 11.8. The van der Waals surface area contributed by atoms with Gasteiger partial charge in [0, 0.05) is 30.0 Å². The summed E-state index contributed by atoms with van der Waals surface area (Å²) in [6.07, 6.45) is 0. The van der Waals surface area contributed by atoms with Gasteiger partial charge in [0.05, 0.1) is 46.5 Å². The van der Waals surface area contributed by atoms with Gasteiger partial charge >= 0.3 is 5.69 Å². The molecule has 4 aromatic rings. The summed E-state index contributed by atoms with van der Waals surface area (Å²) in [7, 11) is 2.84. The minimum atomic E-state index is -0.556. The standard InChI is InChI=1S/C24H21N5O7S/c1-14-10-20(29(33)34)22(36-3)12-16(14)25-23(30)13-37-24-26-17-11-15(28(31)32)8-9-18(17)27(24)19-6-4-5-7-21(19)35-2/h4-12H,13H2,1-3H3,(H,25,30). The number of nitrogens with one attached hydrogen (secondary N) is 1. The molecule has 0 aliphatic heterocycles. The van der Waals surface area contributed by atoms with Gasteiger partial charge in [-0.1, -0.05) is 23.9 Å². The molecule has 190 valence electrons. The van der Waals surface area contributed by atoms with Gasteiger partial charge in [0.2, 0.25) is 5.91 Å². The van der Waals surface area contributed by atoms with Crippen molar-refractivity contribution in [3.8, 4) is 17.2 Å². The van der Waals surface area contributed by atoms with Gasteiger partial charge in [-0.05, 0) is 30.7 Å². The fraction of sp³-hybridized carbons (Fsp3) is 0.167. The first kappa shape index (κ1) is 25.4. The molecule has 0 atom stereocenters. The van der Waals surface area contributed by atoms with E-state index in [9.17, 15) is 25.0 Å². The van der Waals surface area contributed by atoms with Crippen molar-refractivity contribution in [2.45, 2.75) is 12.1 Å². The molecule has 0 unspecified atom stereocenters. The second-order valence-electron chi connectivity index (χ2n) is 7.76. The number of carbonyl (C=O) groups excluding carboxylic acids is 1. The molecule has 13 heteroatoms. The highest BCUT2D eigenvalue weighted by molar-refractivity contribution is 7.99. The Morgan fingerprint density at radius 1 is 1.03 bits per heavy atom. The minimum Gasteiger partial charge on any atom is -0.495 e. The van der Waals surface area contributed by atoms with E-state index < -0.39 is 9.85 Å². The molecule has 12 nitrogen and oxygen atoms in total. The predicted octanol–water partition coefficient (Wildman–Crippen LogP) is 4.90. The van der Waals surface area contributed by atoms with Crippen molar-refractivity contribution >= 4 is 45.8 Å². The number of fused-ring (bicyclic) bond motifs is 1. The molecule has 37 heavy (non-hydrogen) atoms. The molecule has 0 bridgehead atoms. The molecule has 1 heterocycles. The summed E-state index contributed by atoms with van der Waals surface area (Å²) >= 11 is 1.13. The van der Waals surface area contributed by atoms with Crippen molar-refractivity contribution in [2.24, 2.45) is 0 Å². The van der Waals surface area contributed by atoms with Gasteiger partial charge in [0.15, 0.2) is 10.9 Å². The van der Waals surface area contributed by atoms with E-state index in [2.05, 4.69) is 10.3 Å². The molecule has 1 aromatic heterocycles. The number of amides is 1. The Kier molecular flexibility index (Phi) is 7.25. The summed E-state index contributed by atoms with van der Waals surface area (Å²) in [5, 5.41) is 25.7. The molecule has 1 N–H and O–H groups in total. The fourth-order valence-electron chi connectivity index (χ4n) is 3.73. The van der Waals surface area contributed by atoms with Crippen LogP contribution in [0.5, 0.6) is 11.5 Å². The Bertz CT molecular complexity index is 1540. The van der Waals surface area contributed by atoms with Crippen LogP contribution in [0.2, 0.25) is 0 Å². The van der Waals surface area contributed by atoms with Gasteiger partial charge in [0.1, 0.15) is 5.75 Å². The van der Waals surface area contributed by atoms with E-state index in [0.29, 0.717) is 38.9 Å². The maximum absolute atomic E-state index is 12.8. The van der Waals surface area contributed by atoms with Crippen molar-refractivity contribution in [2.75, 3.05) is 25.3 Å². The maximum Gasteiger partial charge on any atom is 0.311 e. The molecule has 0 radical (unpaired) electrons. The molecule has 0 aliphatic carbocycles. The number of anilines is 1. The number of aromatic nitrogens is 2. The number of nitro groups is 2. The second-order valence-corrected chi connectivity index (χ2v) is 8.71. The summed E-state index contributed by atoms with van der Waals surface area (Å²) < 4.78 is 12.4. The van der Waals surface area contributed by atoms with Gasteiger partial charge < -0.3 is 14.8 Å². The zero-order valence-electron chi connectivity index (χ0n) is 20.0. The van der Waals surface area contributed by atoms with Crippen LogP contribution in [0, 0.1) is 27.2 Å². The average molecular weight is 524 g/mol. The normalized spacial score (nSPS) is 10.8. The van der Waals surface area contributed by atoms with Crippen LogP contribution in [-0.2, 0) is 4.79 Å². The lowest BCUT2D eigenvalue weighted by Crippen LogP contribution is -2.15. The largest absolute Gasteiger partial charge is 0.495 e. The van der Waals surface area contributed by atoms with E-state index in [4.69, 9.17) is 9.47 Å². The second kappa shape index (κ2) is 10.5. The van der Waals surface area contributed by atoms with Gasteiger partial charge in [-0.3, -0.25) is 29.6 Å². The number of aryl methyl sites for hydroxylation is 1. The van der Waals surface area contributed by atoms with E-state index >= 15 is 0 Å². The average Bonchev–Trinajstić information content (AvgIpc) is 3.25. The van der Waals surface area contributed by atoms with E-state index in [-0.39, 0.29) is 28.8 Å². The maximum atomic E-state index is 12.8. The number of imidazole rings is 1. The van der Waals surface area contributed by atoms with E-state index in [1.54, 1.807) is 23.6 Å². The first-order valence-electron chi connectivity index (χ1n) is 10.8. The summed E-state index contributed by atoms with van der Waals surface area (Å²) in [6, 6.07) is 14.3. The van der Waals surface area contributed by atoms with Crippen molar-refractivity contribution in [3.63, 3.8) is 0 Å². The summed E-state index contributed by atoms with van der Waals surface area (Å²) in [4.78, 5) is 38.8. The van der Waals surface area contributed by atoms with E-state index in [0.717, 1.165) is 11.8 Å². The number of nitro benzene ring substituents is 2. The van der Waals surface area contributed by atoms with Crippen LogP contribution >= 0.6 is 11.8 Å². The number of methoxy groups -OCH3 is 2. The number of nitrogens with zero attached hydrogens (tertiary/aromatic N) is 4. The molecule has 0 spiro atoms. The van der Waals surface area contributed by atoms with E-state index in [1.807, 2.05) is 18.2 Å². The summed E-state index contributed by atoms with van der Waals surface area (Å²) in [5.74, 6) is 0.144. The molecule has 0 saturated heterocycles. The Morgan fingerprint density at radius 3 is 2.43 bits per heavy atom. The number of benzene rings is 3. The Balaban J connectivity index is 1.66. The molecular weight excluding hydrogens is 502 g/mol. The lowest BCUT2D eigenvalue weighted by molar-refractivity contribution is -0.385. The van der Waals surface area contributed by atoms with Crippen LogP contribution in [-0.4, -0.2) is 45.3 Å². The van der Waals surface area contributed by atoms with Gasteiger partial charge in [-0.15, -0.1) is 0 Å². The van der Waals surface area contributed by atoms with Gasteiger partial charge in [0.25, 0.3) is 5.69 Å². The quantitative estimate of drug-likeness (QED) is 0.183. The molecule has 3 aromatic carbocycles. The SMILES string of the molecule is COc1ccccc1-n1c(SCC(=O)Nc2cc(OC)c([N+](=O)[O-])cc2C)nc2cc([N+](=O)[O-])ccc21. The lowest BCUT2D eigenvalue weighted by Gasteiger charge is -2.13. The van der Waals surface area contributed by atoms with E-state index in [1.165, 1.54) is 38.5 Å². The zero-order chi connectivity index (χ0) is 26.7. The van der Waals surface area contributed by atoms with Crippen LogP contribution < -0.4 is 14.8 Å². The van der Waals surface area contributed by atoms with Gasteiger partial charge in [-0.2, -0.15) is 0 Å². The highest BCUT2D eigenvalue weighted by Crippen LogP contribution is 2.35. The number of thioether (sulfide) groups is 1. The highest BCUT2D eigenvalue weighted by Gasteiger charge is 2.21. The third-order valence-electron chi connectivity index (χ3n) is 5.47. The topological polar surface area (TPSA) is 152 Å². The molecular formula is C24H21N5O7S. The van der Waals surface area contributed by atoms with Crippen molar-refractivity contribution in [3.05, 3.63) is 80.4 Å². The number of ether oxygens (including phenoxy) is 2. The summed E-state index contributed by atoms with van der Waals surface area (Å²) in [6.45, 7) is 1.64. The zero-order valence-corrected chi connectivity index (χ0v) is 20.8. The van der Waals surface area contributed by atoms with Crippen LogP contribution in [0.15, 0.2) is 59.8 Å². The molecule has 0 fully saturated rings. The number of hydrogen-bond donors (Lipinski definition) is 1. The Hall–Kier alpha value is -4.65. The first-order chi connectivity index (χ1) is 17.7. The van der Waals surface area contributed by atoms with Gasteiger partial charge in [-0.25, -0.2) is 4.98 Å². The van der Waals surface area contributed by atoms with Crippen LogP contribution in [0.3, 0.4) is 0 Å². The van der Waals surface area contributed by atoms with Crippen molar-refractivity contribution in [1.82, 2.24) is 9.55 Å². The highest BCUT2D eigenvalue weighted by atomic mass is 32.2. The van der Waals surface area contributed by atoms with Crippen molar-refractivity contribution in [1.29, 1.82) is 0 Å². The Morgan fingerprint density at radius 2 is 1.76 bits per heavy atom. The monoisotopic (exact) mass is 523 g/mol. The fourth-order valence-corrected chi connectivity index (χ4v) is 4.56. The summed E-state index contributed by atoms with van der Waals surface area (Å²) in [5.41, 5.74) is 2.22. The third-order valence-corrected chi connectivity index (χ3v) is 6.41. The number of carbonyl (C=O) groups is 1. The van der Waals surface area contributed by atoms with Crippen LogP contribution in [0.4, 0.5) is 17.1 Å². The van der Waals surface area contributed by atoms with Crippen LogP contribution in [0.1, 0.15) is 5.56 Å². The predicted molar refractivity (Wildman–Crippen MR) is 138 cm³/mol. The molecule has 0 saturated carbocycles. The number of para-hydroxylation sites is 2. The Labute approximate surface area is 214 Å². The number of non-ortho nitro benzene ring substituents is 1. The van der Waals surface area contributed by atoms with Crippen molar-refractivity contribution < 1.29 is 24.1 Å². The third kappa shape index (κ3) is 5.16.